The van der Waals surface area contributed by atoms with Crippen LogP contribution in [0, 0.1) is 0 Å². The largest absolute Gasteiger partial charge is 0.333 e. The number of hydrogen-bond donors (Lipinski definition) is 0. The zero-order valence-electron chi connectivity index (χ0n) is 11.7. The van der Waals surface area contributed by atoms with Gasteiger partial charge in [-0.2, -0.15) is 0 Å². The second kappa shape index (κ2) is 5.49. The fraction of sp³-hybridized carbons (Fsp3) is 0.375. The van der Waals surface area contributed by atoms with Crippen LogP contribution in [0.2, 0.25) is 0 Å². The number of amides is 1. The highest BCUT2D eigenvalue weighted by Crippen LogP contribution is 2.20. The summed E-state index contributed by atoms with van der Waals surface area (Å²) in [4.78, 5) is 18.6. The first kappa shape index (κ1) is 12.9. The first-order valence-electron chi connectivity index (χ1n) is 7.15. The third kappa shape index (κ3) is 2.33. The molecule has 1 aromatic carbocycles. The predicted molar refractivity (Wildman–Crippen MR) is 77.4 cm³/mol. The van der Waals surface area contributed by atoms with E-state index < -0.39 is 0 Å². The summed E-state index contributed by atoms with van der Waals surface area (Å²) in [6, 6.07) is 7.90. The van der Waals surface area contributed by atoms with Gasteiger partial charge < -0.3 is 9.47 Å². The molecule has 2 aromatic rings. The number of aromatic nitrogens is 2. The zero-order chi connectivity index (χ0) is 13.9. The van der Waals surface area contributed by atoms with Crippen molar-refractivity contribution in [2.75, 3.05) is 6.54 Å². The Hall–Kier alpha value is -2.10. The van der Waals surface area contributed by atoms with Crippen molar-refractivity contribution in [3.05, 3.63) is 53.6 Å². The molecule has 0 aliphatic carbocycles. The second-order valence-corrected chi connectivity index (χ2v) is 5.21. The van der Waals surface area contributed by atoms with Crippen molar-refractivity contribution < 1.29 is 4.79 Å². The molecule has 0 radical (unpaired) electrons. The van der Waals surface area contributed by atoms with Crippen molar-refractivity contribution in [3.63, 3.8) is 0 Å². The van der Waals surface area contributed by atoms with E-state index in [2.05, 4.69) is 16.5 Å². The van der Waals surface area contributed by atoms with Gasteiger partial charge >= 0.3 is 0 Å². The number of rotatable bonds is 4. The van der Waals surface area contributed by atoms with Gasteiger partial charge in [0.2, 0.25) is 0 Å². The van der Waals surface area contributed by atoms with E-state index in [9.17, 15) is 4.79 Å². The minimum absolute atomic E-state index is 0.135. The SMILES string of the molecule is CCCn1cncc1CN1CCc2ccccc2C1=O. The van der Waals surface area contributed by atoms with Crippen molar-refractivity contribution in [2.24, 2.45) is 0 Å². The van der Waals surface area contributed by atoms with Crippen molar-refractivity contribution >= 4 is 5.91 Å². The Labute approximate surface area is 119 Å². The summed E-state index contributed by atoms with van der Waals surface area (Å²) < 4.78 is 2.13. The molecule has 3 rings (SSSR count). The molecule has 4 nitrogen and oxygen atoms in total. The maximum absolute atomic E-state index is 12.5. The van der Waals surface area contributed by atoms with Crippen LogP contribution in [0.25, 0.3) is 0 Å². The summed E-state index contributed by atoms with van der Waals surface area (Å²) in [5.41, 5.74) is 3.12. The molecule has 0 saturated carbocycles. The van der Waals surface area contributed by atoms with E-state index in [1.807, 2.05) is 41.7 Å². The highest BCUT2D eigenvalue weighted by Gasteiger charge is 2.24. The Morgan fingerprint density at radius 3 is 3.00 bits per heavy atom. The molecule has 0 unspecified atom stereocenters. The Bertz CT molecular complexity index is 618. The summed E-state index contributed by atoms with van der Waals surface area (Å²) >= 11 is 0. The third-order valence-electron chi connectivity index (χ3n) is 3.80. The van der Waals surface area contributed by atoms with Crippen LogP contribution in [-0.4, -0.2) is 26.9 Å². The smallest absolute Gasteiger partial charge is 0.254 e. The van der Waals surface area contributed by atoms with Crippen LogP contribution in [0.15, 0.2) is 36.8 Å². The van der Waals surface area contributed by atoms with E-state index in [4.69, 9.17) is 0 Å². The van der Waals surface area contributed by atoms with Crippen molar-refractivity contribution in [1.82, 2.24) is 14.5 Å². The Morgan fingerprint density at radius 2 is 2.15 bits per heavy atom. The molecular formula is C16H19N3O. The van der Waals surface area contributed by atoms with Gasteiger partial charge in [0.1, 0.15) is 0 Å². The van der Waals surface area contributed by atoms with Gasteiger partial charge in [0.25, 0.3) is 5.91 Å². The first-order valence-corrected chi connectivity index (χ1v) is 7.15. The van der Waals surface area contributed by atoms with E-state index >= 15 is 0 Å². The van der Waals surface area contributed by atoms with Gasteiger partial charge in [0, 0.05) is 24.8 Å². The van der Waals surface area contributed by atoms with Gasteiger partial charge in [-0.05, 0) is 24.5 Å². The van der Waals surface area contributed by atoms with E-state index in [0.717, 1.165) is 42.8 Å². The fourth-order valence-electron chi connectivity index (χ4n) is 2.74. The third-order valence-corrected chi connectivity index (χ3v) is 3.80. The minimum atomic E-state index is 0.135. The highest BCUT2D eigenvalue weighted by molar-refractivity contribution is 5.96. The molecule has 0 atom stereocenters. The average Bonchev–Trinajstić information content (AvgIpc) is 2.90. The number of hydrogen-bond acceptors (Lipinski definition) is 2. The number of nitrogens with zero attached hydrogens (tertiary/aromatic N) is 3. The molecule has 20 heavy (non-hydrogen) atoms. The van der Waals surface area contributed by atoms with Crippen molar-refractivity contribution in [3.8, 4) is 0 Å². The maximum Gasteiger partial charge on any atom is 0.254 e. The molecule has 4 heteroatoms. The Kier molecular flexibility index (Phi) is 3.54. The van der Waals surface area contributed by atoms with Crippen LogP contribution in [-0.2, 0) is 19.5 Å². The molecule has 0 fully saturated rings. The number of imidazole rings is 1. The summed E-state index contributed by atoms with van der Waals surface area (Å²) in [7, 11) is 0. The van der Waals surface area contributed by atoms with Gasteiger partial charge in [-0.25, -0.2) is 4.98 Å². The Morgan fingerprint density at radius 1 is 1.30 bits per heavy atom. The number of aryl methyl sites for hydroxylation is 1. The van der Waals surface area contributed by atoms with Crippen LogP contribution in [0.5, 0.6) is 0 Å². The van der Waals surface area contributed by atoms with Gasteiger partial charge in [0.05, 0.1) is 18.6 Å². The second-order valence-electron chi connectivity index (χ2n) is 5.21. The molecule has 1 aromatic heterocycles. The van der Waals surface area contributed by atoms with Crippen LogP contribution >= 0.6 is 0 Å². The maximum atomic E-state index is 12.5. The lowest BCUT2D eigenvalue weighted by molar-refractivity contribution is 0.0723. The summed E-state index contributed by atoms with van der Waals surface area (Å²) in [5, 5.41) is 0. The molecule has 0 spiro atoms. The van der Waals surface area contributed by atoms with Crippen LogP contribution < -0.4 is 0 Å². The van der Waals surface area contributed by atoms with E-state index in [1.165, 1.54) is 0 Å². The van der Waals surface area contributed by atoms with E-state index in [0.29, 0.717) is 6.54 Å². The predicted octanol–water partition coefficient (Wildman–Crippen LogP) is 2.49. The van der Waals surface area contributed by atoms with Crippen LogP contribution in [0.1, 0.15) is 35.0 Å². The van der Waals surface area contributed by atoms with Gasteiger partial charge in [-0.3, -0.25) is 4.79 Å². The summed E-state index contributed by atoms with van der Waals surface area (Å²) in [5.74, 6) is 0.135. The number of benzene rings is 1. The lowest BCUT2D eigenvalue weighted by atomic mass is 9.99. The topological polar surface area (TPSA) is 38.1 Å². The molecule has 2 heterocycles. The van der Waals surface area contributed by atoms with Gasteiger partial charge in [-0.1, -0.05) is 25.1 Å². The standard InChI is InChI=1S/C16H19N3O/c1-2-8-19-12-17-10-14(19)11-18-9-7-13-5-3-4-6-15(13)16(18)20/h3-6,10,12H,2,7-9,11H2,1H3. The van der Waals surface area contributed by atoms with E-state index in [1.54, 1.807) is 0 Å². The molecule has 0 saturated heterocycles. The Balaban J connectivity index is 1.79. The summed E-state index contributed by atoms with van der Waals surface area (Å²) in [6.07, 6.45) is 5.72. The molecule has 1 amide bonds. The first-order chi connectivity index (χ1) is 9.79. The number of carbonyl (C=O) groups excluding carboxylic acids is 1. The quantitative estimate of drug-likeness (QED) is 0.855. The lowest BCUT2D eigenvalue weighted by Crippen LogP contribution is -2.37. The van der Waals surface area contributed by atoms with Crippen molar-refractivity contribution in [2.45, 2.75) is 32.9 Å². The summed E-state index contributed by atoms with van der Waals surface area (Å²) in [6.45, 7) is 4.53. The molecule has 0 N–H and O–H groups in total. The van der Waals surface area contributed by atoms with Crippen LogP contribution in [0.3, 0.4) is 0 Å². The average molecular weight is 269 g/mol. The molecule has 104 valence electrons. The zero-order valence-corrected chi connectivity index (χ0v) is 11.7. The fourth-order valence-corrected chi connectivity index (χ4v) is 2.74. The highest BCUT2D eigenvalue weighted by atomic mass is 16.2. The number of fused-ring (bicyclic) bond motifs is 1. The minimum Gasteiger partial charge on any atom is -0.333 e. The molecule has 1 aliphatic rings. The monoisotopic (exact) mass is 269 g/mol. The number of carbonyl (C=O) groups is 1. The molecular weight excluding hydrogens is 250 g/mol. The van der Waals surface area contributed by atoms with Gasteiger partial charge in [0.15, 0.2) is 0 Å². The van der Waals surface area contributed by atoms with Gasteiger partial charge in [-0.15, -0.1) is 0 Å². The van der Waals surface area contributed by atoms with Crippen molar-refractivity contribution in [1.29, 1.82) is 0 Å². The molecule has 0 bridgehead atoms. The normalized spacial score (nSPS) is 14.4. The van der Waals surface area contributed by atoms with Crippen LogP contribution in [0.4, 0.5) is 0 Å². The van der Waals surface area contributed by atoms with E-state index in [-0.39, 0.29) is 5.91 Å². The molecule has 1 aliphatic heterocycles. The lowest BCUT2D eigenvalue weighted by Gasteiger charge is -2.28.